The molecule has 21 heavy (non-hydrogen) atoms. The summed E-state index contributed by atoms with van der Waals surface area (Å²) in [6, 6.07) is 6.46. The van der Waals surface area contributed by atoms with Crippen molar-refractivity contribution in [3.8, 4) is 0 Å². The van der Waals surface area contributed by atoms with Crippen LogP contribution >= 0.6 is 27.7 Å². The normalized spacial score (nSPS) is 11.8. The number of halogens is 1. The topological polar surface area (TPSA) is 67.4 Å². The lowest BCUT2D eigenvalue weighted by atomic mass is 10.1. The van der Waals surface area contributed by atoms with Crippen LogP contribution in [0.3, 0.4) is 0 Å². The average Bonchev–Trinajstić information content (AvgIpc) is 2.49. The Morgan fingerprint density at radius 2 is 2.10 bits per heavy atom. The van der Waals surface area contributed by atoms with E-state index in [9.17, 15) is 9.59 Å². The summed E-state index contributed by atoms with van der Waals surface area (Å²) < 4.78 is 0.691. The summed E-state index contributed by atoms with van der Waals surface area (Å²) in [6.07, 6.45) is 2.49. The van der Waals surface area contributed by atoms with E-state index in [0.717, 1.165) is 5.75 Å². The van der Waals surface area contributed by atoms with E-state index >= 15 is 0 Å². The van der Waals surface area contributed by atoms with E-state index in [1.807, 2.05) is 12.3 Å². The predicted molar refractivity (Wildman–Crippen MR) is 88.2 cm³/mol. The zero-order chi connectivity index (χ0) is 15.7. The molecule has 0 aliphatic carbocycles. The van der Waals surface area contributed by atoms with Crippen LogP contribution in [0.4, 0.5) is 0 Å². The molecule has 0 fully saturated rings. The number of carbonyl (C=O) groups is 2. The van der Waals surface area contributed by atoms with Crippen molar-refractivity contribution in [2.45, 2.75) is 19.4 Å². The highest BCUT2D eigenvalue weighted by Crippen LogP contribution is 2.16. The van der Waals surface area contributed by atoms with E-state index in [-0.39, 0.29) is 11.8 Å². The van der Waals surface area contributed by atoms with Crippen LogP contribution in [0.2, 0.25) is 0 Å². The van der Waals surface area contributed by atoms with Crippen LogP contribution in [-0.4, -0.2) is 36.5 Å². The minimum atomic E-state index is -0.622. The Morgan fingerprint density at radius 3 is 2.71 bits per heavy atom. The Labute approximate surface area is 137 Å². The Morgan fingerprint density at radius 1 is 1.38 bits per heavy atom. The fourth-order valence-corrected chi connectivity index (χ4v) is 2.54. The minimum absolute atomic E-state index is 0.291. The fourth-order valence-electron chi connectivity index (χ4n) is 1.60. The van der Waals surface area contributed by atoms with Crippen molar-refractivity contribution in [1.29, 1.82) is 0 Å². The van der Waals surface area contributed by atoms with Crippen molar-refractivity contribution in [3.05, 3.63) is 34.3 Å². The van der Waals surface area contributed by atoms with Crippen molar-refractivity contribution < 1.29 is 14.4 Å². The zero-order valence-electron chi connectivity index (χ0n) is 12.0. The van der Waals surface area contributed by atoms with Crippen molar-refractivity contribution in [1.82, 2.24) is 10.8 Å². The molecular weight excluding hydrogens is 356 g/mol. The van der Waals surface area contributed by atoms with Crippen LogP contribution in [0.25, 0.3) is 0 Å². The lowest BCUT2D eigenvalue weighted by Crippen LogP contribution is -2.47. The van der Waals surface area contributed by atoms with E-state index in [0.29, 0.717) is 23.1 Å². The highest BCUT2D eigenvalue weighted by atomic mass is 79.9. The van der Waals surface area contributed by atoms with Crippen LogP contribution in [0, 0.1) is 0 Å². The van der Waals surface area contributed by atoms with Gasteiger partial charge in [0.25, 0.3) is 11.8 Å². The van der Waals surface area contributed by atoms with Crippen LogP contribution < -0.4 is 10.8 Å². The molecule has 2 amide bonds. The summed E-state index contributed by atoms with van der Waals surface area (Å²) in [7, 11) is 0. The molecule has 116 valence electrons. The number of nitrogens with one attached hydrogen (secondary N) is 2. The van der Waals surface area contributed by atoms with Gasteiger partial charge in [-0.05, 0) is 53.4 Å². The number of rotatable bonds is 8. The average molecular weight is 375 g/mol. The quantitative estimate of drug-likeness (QED) is 0.685. The lowest BCUT2D eigenvalue weighted by molar-refractivity contribution is -0.135. The Hall–Kier alpha value is -1.05. The molecule has 0 saturated carbocycles. The molecule has 0 aliphatic rings. The summed E-state index contributed by atoms with van der Waals surface area (Å²) in [6.45, 7) is 2.15. The van der Waals surface area contributed by atoms with Gasteiger partial charge in [-0.15, -0.1) is 0 Å². The molecule has 0 unspecified atom stereocenters. The number of benzene rings is 1. The number of carbonyl (C=O) groups excluding carboxylic acids is 2. The maximum atomic E-state index is 12.2. The van der Waals surface area contributed by atoms with E-state index in [4.69, 9.17) is 4.84 Å². The van der Waals surface area contributed by atoms with E-state index in [1.54, 1.807) is 36.9 Å². The molecule has 5 nitrogen and oxygen atoms in total. The Bertz CT molecular complexity index is 485. The van der Waals surface area contributed by atoms with Gasteiger partial charge in [-0.25, -0.2) is 5.48 Å². The van der Waals surface area contributed by atoms with Gasteiger partial charge >= 0.3 is 0 Å². The standard InChI is InChI=1S/C14H19BrN2O3S/c1-3-20-17-14(19)12(8-9-21-2)16-13(18)10-6-4-5-7-11(10)15/h4-7,12H,3,8-9H2,1-2H3,(H,16,18)(H,17,19)/t12-/m1/s1. The summed E-state index contributed by atoms with van der Waals surface area (Å²) in [5, 5.41) is 2.74. The molecule has 1 atom stereocenters. The lowest BCUT2D eigenvalue weighted by Gasteiger charge is -2.18. The molecule has 0 bridgehead atoms. The first-order valence-electron chi connectivity index (χ1n) is 6.56. The van der Waals surface area contributed by atoms with E-state index < -0.39 is 6.04 Å². The molecule has 7 heteroatoms. The number of amides is 2. The molecule has 0 saturated heterocycles. The molecule has 0 aromatic heterocycles. The molecule has 0 aliphatic heterocycles. The van der Waals surface area contributed by atoms with Gasteiger partial charge in [0.15, 0.2) is 0 Å². The maximum absolute atomic E-state index is 12.2. The molecule has 0 spiro atoms. The fraction of sp³-hybridized carbons (Fsp3) is 0.429. The monoisotopic (exact) mass is 374 g/mol. The third-order valence-corrected chi connectivity index (χ3v) is 4.00. The molecule has 2 N–H and O–H groups in total. The van der Waals surface area contributed by atoms with Crippen LogP contribution in [-0.2, 0) is 9.63 Å². The number of hydrogen-bond acceptors (Lipinski definition) is 4. The first kappa shape index (κ1) is 18.0. The van der Waals surface area contributed by atoms with Gasteiger partial charge in [0, 0.05) is 4.47 Å². The highest BCUT2D eigenvalue weighted by Gasteiger charge is 2.22. The van der Waals surface area contributed by atoms with Crippen molar-refractivity contribution in [3.63, 3.8) is 0 Å². The molecule has 1 rings (SSSR count). The van der Waals surface area contributed by atoms with Gasteiger partial charge in [0.05, 0.1) is 12.2 Å². The molecule has 1 aromatic carbocycles. The summed E-state index contributed by atoms with van der Waals surface area (Å²) in [5.74, 6) is 0.131. The van der Waals surface area contributed by atoms with Crippen molar-refractivity contribution in [2.75, 3.05) is 18.6 Å². The zero-order valence-corrected chi connectivity index (χ0v) is 14.4. The molecule has 1 aromatic rings. The largest absolute Gasteiger partial charge is 0.340 e. The summed E-state index contributed by atoms with van der Waals surface area (Å²) >= 11 is 4.94. The number of thioether (sulfide) groups is 1. The highest BCUT2D eigenvalue weighted by molar-refractivity contribution is 9.10. The van der Waals surface area contributed by atoms with Crippen molar-refractivity contribution in [2.24, 2.45) is 0 Å². The minimum Gasteiger partial charge on any atom is -0.340 e. The van der Waals surface area contributed by atoms with Crippen LogP contribution in [0.5, 0.6) is 0 Å². The third kappa shape index (κ3) is 6.07. The van der Waals surface area contributed by atoms with Crippen LogP contribution in [0.15, 0.2) is 28.7 Å². The summed E-state index contributed by atoms with van der Waals surface area (Å²) in [4.78, 5) is 29.1. The third-order valence-electron chi connectivity index (χ3n) is 2.67. The first-order chi connectivity index (χ1) is 10.1. The van der Waals surface area contributed by atoms with Gasteiger partial charge < -0.3 is 5.32 Å². The molecule has 0 heterocycles. The first-order valence-corrected chi connectivity index (χ1v) is 8.74. The predicted octanol–water partition coefficient (Wildman–Crippen LogP) is 2.37. The van der Waals surface area contributed by atoms with Gasteiger partial charge in [-0.2, -0.15) is 11.8 Å². The van der Waals surface area contributed by atoms with E-state index in [2.05, 4.69) is 26.7 Å². The Balaban J connectivity index is 2.73. The number of hydroxylamine groups is 1. The molecule has 0 radical (unpaired) electrons. The summed E-state index contributed by atoms with van der Waals surface area (Å²) in [5.41, 5.74) is 2.83. The van der Waals surface area contributed by atoms with Gasteiger partial charge in [0.2, 0.25) is 0 Å². The smallest absolute Gasteiger partial charge is 0.266 e. The molecular formula is C14H19BrN2O3S. The van der Waals surface area contributed by atoms with Gasteiger partial charge in [0.1, 0.15) is 6.04 Å². The van der Waals surface area contributed by atoms with Crippen LogP contribution in [0.1, 0.15) is 23.7 Å². The Kier molecular flexibility index (Phi) is 8.41. The van der Waals surface area contributed by atoms with Crippen molar-refractivity contribution >= 4 is 39.5 Å². The van der Waals surface area contributed by atoms with Gasteiger partial charge in [-0.3, -0.25) is 14.4 Å². The second-order valence-corrected chi connectivity index (χ2v) is 6.03. The SMILES string of the molecule is CCONC(=O)[C@@H](CCSC)NC(=O)c1ccccc1Br. The second kappa shape index (κ2) is 9.81. The number of hydrogen-bond donors (Lipinski definition) is 2. The van der Waals surface area contributed by atoms with Gasteiger partial charge in [-0.1, -0.05) is 12.1 Å². The maximum Gasteiger partial charge on any atom is 0.266 e. The van der Waals surface area contributed by atoms with E-state index in [1.165, 1.54) is 0 Å². The second-order valence-electron chi connectivity index (χ2n) is 4.19.